The van der Waals surface area contributed by atoms with Crippen LogP contribution in [0.15, 0.2) is 24.4 Å². The lowest BCUT2D eigenvalue weighted by Gasteiger charge is -2.18. The van der Waals surface area contributed by atoms with Crippen molar-refractivity contribution >= 4 is 5.82 Å². The number of aromatic nitrogens is 2. The van der Waals surface area contributed by atoms with Gasteiger partial charge in [0, 0.05) is 18.7 Å². The number of anilines is 1. The van der Waals surface area contributed by atoms with Crippen LogP contribution in [0.4, 0.5) is 5.82 Å². The molecular weight excluding hydrogens is 242 g/mol. The summed E-state index contributed by atoms with van der Waals surface area (Å²) in [6, 6.07) is 5.88. The molecule has 0 aliphatic carbocycles. The van der Waals surface area contributed by atoms with Gasteiger partial charge < -0.3 is 19.4 Å². The summed E-state index contributed by atoms with van der Waals surface area (Å²) < 4.78 is 12.8. The molecule has 0 bridgehead atoms. The Morgan fingerprint density at radius 1 is 1.21 bits per heavy atom. The van der Waals surface area contributed by atoms with Gasteiger partial charge in [-0.25, -0.2) is 4.98 Å². The van der Waals surface area contributed by atoms with Gasteiger partial charge in [-0.1, -0.05) is 0 Å². The molecule has 19 heavy (non-hydrogen) atoms. The lowest BCUT2D eigenvalue weighted by atomic mass is 10.2. The number of imidazole rings is 1. The van der Waals surface area contributed by atoms with E-state index >= 15 is 0 Å². The number of ether oxygens (including phenoxy) is 2. The molecule has 5 heteroatoms. The van der Waals surface area contributed by atoms with E-state index in [1.807, 2.05) is 24.4 Å². The summed E-state index contributed by atoms with van der Waals surface area (Å²) in [5, 5.41) is 3.35. The smallest absolute Gasteiger partial charge is 0.161 e. The summed E-state index contributed by atoms with van der Waals surface area (Å²) in [4.78, 5) is 4.50. The second kappa shape index (κ2) is 4.84. The third kappa shape index (κ3) is 2.01. The van der Waals surface area contributed by atoms with Gasteiger partial charge in [-0.05, 0) is 24.6 Å². The lowest BCUT2D eigenvalue weighted by molar-refractivity contribution is 0.355. The van der Waals surface area contributed by atoms with Gasteiger partial charge in [0.15, 0.2) is 11.5 Å². The van der Waals surface area contributed by atoms with Gasteiger partial charge >= 0.3 is 0 Å². The van der Waals surface area contributed by atoms with E-state index in [0.29, 0.717) is 0 Å². The summed E-state index contributed by atoms with van der Waals surface area (Å²) in [5.74, 6) is 3.50. The van der Waals surface area contributed by atoms with Crippen LogP contribution in [0.25, 0.3) is 11.4 Å². The van der Waals surface area contributed by atoms with Gasteiger partial charge in [0.05, 0.1) is 20.4 Å². The Balaban J connectivity index is 2.04. The van der Waals surface area contributed by atoms with E-state index in [9.17, 15) is 0 Å². The molecule has 0 atom stereocenters. The predicted octanol–water partition coefficient (Wildman–Crippen LogP) is 2.38. The second-order valence-electron chi connectivity index (χ2n) is 4.47. The number of benzene rings is 1. The highest BCUT2D eigenvalue weighted by molar-refractivity contribution is 5.64. The van der Waals surface area contributed by atoms with Gasteiger partial charge in [-0.3, -0.25) is 0 Å². The SMILES string of the molecule is COc1ccc(-c2ncc3n2CCCN3)cc1OC. The minimum atomic E-state index is 0.723. The molecule has 1 aromatic heterocycles. The molecule has 1 aliphatic rings. The molecule has 2 heterocycles. The summed E-state index contributed by atoms with van der Waals surface area (Å²) in [5.41, 5.74) is 1.03. The van der Waals surface area contributed by atoms with E-state index in [1.165, 1.54) is 0 Å². The molecule has 0 saturated heterocycles. The van der Waals surface area contributed by atoms with Gasteiger partial charge in [-0.15, -0.1) is 0 Å². The number of hydrogen-bond acceptors (Lipinski definition) is 4. The Labute approximate surface area is 112 Å². The molecule has 100 valence electrons. The Bertz CT molecular complexity index is 592. The first-order valence-corrected chi connectivity index (χ1v) is 6.35. The number of nitrogens with one attached hydrogen (secondary N) is 1. The minimum absolute atomic E-state index is 0.723. The first-order chi connectivity index (χ1) is 9.33. The molecule has 2 aromatic rings. The minimum Gasteiger partial charge on any atom is -0.493 e. The highest BCUT2D eigenvalue weighted by Gasteiger charge is 2.16. The van der Waals surface area contributed by atoms with Crippen LogP contribution in [0, 0.1) is 0 Å². The number of methoxy groups -OCH3 is 2. The standard InChI is InChI=1S/C14H17N3O2/c1-18-11-5-4-10(8-12(11)19-2)14-16-9-13-15-6-3-7-17(13)14/h4-5,8-9,15H,3,6-7H2,1-2H3. The summed E-state index contributed by atoms with van der Waals surface area (Å²) >= 11 is 0. The van der Waals surface area contributed by atoms with Crippen molar-refractivity contribution in [2.45, 2.75) is 13.0 Å². The molecule has 5 nitrogen and oxygen atoms in total. The normalized spacial score (nSPS) is 13.6. The molecule has 0 unspecified atom stereocenters. The van der Waals surface area contributed by atoms with Crippen molar-refractivity contribution in [2.24, 2.45) is 0 Å². The maximum atomic E-state index is 5.34. The maximum absolute atomic E-state index is 5.34. The molecule has 1 N–H and O–H groups in total. The fourth-order valence-electron chi connectivity index (χ4n) is 2.40. The van der Waals surface area contributed by atoms with Crippen LogP contribution in [-0.4, -0.2) is 30.3 Å². The fourth-order valence-corrected chi connectivity index (χ4v) is 2.40. The Kier molecular flexibility index (Phi) is 3.03. The first-order valence-electron chi connectivity index (χ1n) is 6.35. The van der Waals surface area contributed by atoms with Crippen molar-refractivity contribution in [1.82, 2.24) is 9.55 Å². The Morgan fingerprint density at radius 2 is 2.05 bits per heavy atom. The second-order valence-corrected chi connectivity index (χ2v) is 4.47. The van der Waals surface area contributed by atoms with Crippen molar-refractivity contribution in [1.29, 1.82) is 0 Å². The lowest BCUT2D eigenvalue weighted by Crippen LogP contribution is -2.17. The molecular formula is C14H17N3O2. The van der Waals surface area contributed by atoms with Crippen molar-refractivity contribution in [3.63, 3.8) is 0 Å². The van der Waals surface area contributed by atoms with E-state index < -0.39 is 0 Å². The van der Waals surface area contributed by atoms with Crippen molar-refractivity contribution in [2.75, 3.05) is 26.1 Å². The third-order valence-electron chi connectivity index (χ3n) is 3.36. The van der Waals surface area contributed by atoms with Crippen LogP contribution >= 0.6 is 0 Å². The van der Waals surface area contributed by atoms with Crippen molar-refractivity contribution in [3.05, 3.63) is 24.4 Å². The molecule has 1 aliphatic heterocycles. The first kappa shape index (κ1) is 11.9. The average Bonchev–Trinajstić information content (AvgIpc) is 2.90. The number of rotatable bonds is 3. The highest BCUT2D eigenvalue weighted by atomic mass is 16.5. The van der Waals surface area contributed by atoms with Gasteiger partial charge in [0.25, 0.3) is 0 Å². The molecule has 0 amide bonds. The zero-order chi connectivity index (χ0) is 13.2. The van der Waals surface area contributed by atoms with Crippen LogP contribution in [0.2, 0.25) is 0 Å². The molecule has 0 saturated carbocycles. The summed E-state index contributed by atoms with van der Waals surface area (Å²) in [6.07, 6.45) is 2.99. The average molecular weight is 259 g/mol. The fraction of sp³-hybridized carbons (Fsp3) is 0.357. The number of fused-ring (bicyclic) bond motifs is 1. The zero-order valence-electron chi connectivity index (χ0n) is 11.1. The molecule has 0 spiro atoms. The van der Waals surface area contributed by atoms with Crippen LogP contribution in [0.3, 0.4) is 0 Å². The Morgan fingerprint density at radius 3 is 2.84 bits per heavy atom. The zero-order valence-corrected chi connectivity index (χ0v) is 11.1. The summed E-state index contributed by atoms with van der Waals surface area (Å²) in [6.45, 7) is 2.00. The number of nitrogens with zero attached hydrogens (tertiary/aromatic N) is 2. The topological polar surface area (TPSA) is 48.3 Å². The molecule has 1 aromatic carbocycles. The highest BCUT2D eigenvalue weighted by Crippen LogP contribution is 2.33. The van der Waals surface area contributed by atoms with E-state index in [-0.39, 0.29) is 0 Å². The third-order valence-corrected chi connectivity index (χ3v) is 3.36. The van der Waals surface area contributed by atoms with Crippen LogP contribution < -0.4 is 14.8 Å². The molecule has 0 radical (unpaired) electrons. The van der Waals surface area contributed by atoms with Gasteiger partial charge in [0.2, 0.25) is 0 Å². The van der Waals surface area contributed by atoms with E-state index in [2.05, 4.69) is 14.9 Å². The quantitative estimate of drug-likeness (QED) is 0.919. The largest absolute Gasteiger partial charge is 0.493 e. The molecule has 0 fully saturated rings. The molecule has 3 rings (SSSR count). The van der Waals surface area contributed by atoms with Crippen LogP contribution in [-0.2, 0) is 6.54 Å². The van der Waals surface area contributed by atoms with Gasteiger partial charge in [-0.2, -0.15) is 0 Å². The van der Waals surface area contributed by atoms with Gasteiger partial charge in [0.1, 0.15) is 11.6 Å². The van der Waals surface area contributed by atoms with Crippen molar-refractivity contribution < 1.29 is 9.47 Å². The monoisotopic (exact) mass is 259 g/mol. The van der Waals surface area contributed by atoms with Crippen LogP contribution in [0.5, 0.6) is 11.5 Å². The predicted molar refractivity (Wildman–Crippen MR) is 73.9 cm³/mol. The Hall–Kier alpha value is -2.17. The number of hydrogen-bond donors (Lipinski definition) is 1. The van der Waals surface area contributed by atoms with E-state index in [0.717, 1.165) is 48.2 Å². The van der Waals surface area contributed by atoms with Crippen molar-refractivity contribution in [3.8, 4) is 22.9 Å². The van der Waals surface area contributed by atoms with Crippen LogP contribution in [0.1, 0.15) is 6.42 Å². The summed E-state index contributed by atoms with van der Waals surface area (Å²) in [7, 11) is 3.28. The van der Waals surface area contributed by atoms with E-state index in [4.69, 9.17) is 9.47 Å². The maximum Gasteiger partial charge on any atom is 0.161 e. The van der Waals surface area contributed by atoms with E-state index in [1.54, 1.807) is 14.2 Å².